The van der Waals surface area contributed by atoms with E-state index in [4.69, 9.17) is 4.74 Å². The van der Waals surface area contributed by atoms with Crippen LogP contribution in [0.2, 0.25) is 0 Å². The van der Waals surface area contributed by atoms with Crippen molar-refractivity contribution in [3.8, 4) is 5.75 Å². The van der Waals surface area contributed by atoms with Gasteiger partial charge in [-0.05, 0) is 12.1 Å². The standard InChI is InChI=1S/C6H7NO.Cl2O.H2Se/c1-8-6-2-4-7-5-3-6;1-3-2;/h2-5H,1H3;;1H2. The molecule has 0 unspecified atom stereocenters. The summed E-state index contributed by atoms with van der Waals surface area (Å²) in [7, 11) is 1.63. The first kappa shape index (κ1) is 14.5. The first-order valence-electron chi connectivity index (χ1n) is 2.68. The summed E-state index contributed by atoms with van der Waals surface area (Å²) in [4.78, 5) is 3.81. The van der Waals surface area contributed by atoms with Crippen molar-refractivity contribution < 1.29 is 8.58 Å². The molecule has 1 heterocycles. The third kappa shape index (κ3) is 8.11. The molecule has 1 aromatic heterocycles. The molecule has 0 aliphatic heterocycles. The minimum absolute atomic E-state index is 0. The quantitative estimate of drug-likeness (QED) is 0.729. The molecule has 1 aromatic rings. The molecular weight excluding hydrogens is 268 g/mol. The molecule has 3 nitrogen and oxygen atoms in total. The van der Waals surface area contributed by atoms with Gasteiger partial charge in [0, 0.05) is 12.4 Å². The Morgan fingerprint density at radius 1 is 1.25 bits per heavy atom. The van der Waals surface area contributed by atoms with Gasteiger partial charge < -0.3 is 4.74 Å². The van der Waals surface area contributed by atoms with Crippen molar-refractivity contribution in [1.29, 1.82) is 0 Å². The van der Waals surface area contributed by atoms with Gasteiger partial charge in [-0.15, -0.1) is 0 Å². The number of hydrogen-bond acceptors (Lipinski definition) is 3. The van der Waals surface area contributed by atoms with Gasteiger partial charge in [0.25, 0.3) is 0 Å². The molecular formula is C6H9Cl2NO2Se. The van der Waals surface area contributed by atoms with Crippen molar-refractivity contribution in [1.82, 2.24) is 4.98 Å². The van der Waals surface area contributed by atoms with Gasteiger partial charge >= 0.3 is 17.1 Å². The molecule has 0 aliphatic carbocycles. The minimum atomic E-state index is 0. The fourth-order valence-corrected chi connectivity index (χ4v) is 0.474. The Morgan fingerprint density at radius 3 is 1.92 bits per heavy atom. The maximum absolute atomic E-state index is 4.87. The molecule has 0 N–H and O–H groups in total. The van der Waals surface area contributed by atoms with E-state index in [0.29, 0.717) is 0 Å². The molecule has 0 radical (unpaired) electrons. The molecule has 70 valence electrons. The van der Waals surface area contributed by atoms with E-state index in [0.717, 1.165) is 5.75 Å². The van der Waals surface area contributed by atoms with Gasteiger partial charge in [0.1, 0.15) is 5.75 Å². The van der Waals surface area contributed by atoms with Crippen molar-refractivity contribution in [3.05, 3.63) is 24.5 Å². The number of rotatable bonds is 1. The van der Waals surface area contributed by atoms with Gasteiger partial charge in [0.2, 0.25) is 0 Å². The molecule has 0 aliphatic rings. The Bertz CT molecular complexity index is 176. The third-order valence-electron chi connectivity index (χ3n) is 0.885. The van der Waals surface area contributed by atoms with Crippen LogP contribution >= 0.6 is 23.7 Å². The van der Waals surface area contributed by atoms with Crippen LogP contribution in [0.5, 0.6) is 5.75 Å². The Balaban J connectivity index is 0. The average molecular weight is 277 g/mol. The van der Waals surface area contributed by atoms with E-state index in [1.165, 1.54) is 0 Å². The molecule has 12 heavy (non-hydrogen) atoms. The molecule has 6 heteroatoms. The number of nitrogens with zero attached hydrogens (tertiary/aromatic N) is 1. The fourth-order valence-electron chi connectivity index (χ4n) is 0.474. The van der Waals surface area contributed by atoms with E-state index in [-0.39, 0.29) is 17.1 Å². The van der Waals surface area contributed by atoms with Crippen LogP contribution in [0.3, 0.4) is 0 Å². The fraction of sp³-hybridized carbons (Fsp3) is 0.167. The Morgan fingerprint density at radius 2 is 1.67 bits per heavy atom. The summed E-state index contributed by atoms with van der Waals surface area (Å²) < 4.78 is 8.07. The topological polar surface area (TPSA) is 31.4 Å². The van der Waals surface area contributed by atoms with Gasteiger partial charge in [-0.1, -0.05) is 0 Å². The van der Waals surface area contributed by atoms with Crippen LogP contribution in [0.4, 0.5) is 0 Å². The van der Waals surface area contributed by atoms with Gasteiger partial charge in [-0.2, -0.15) is 3.84 Å². The van der Waals surface area contributed by atoms with Gasteiger partial charge in [-0.3, -0.25) is 4.98 Å². The average Bonchev–Trinajstić information content (AvgIpc) is 2.08. The van der Waals surface area contributed by atoms with E-state index in [2.05, 4.69) is 32.6 Å². The summed E-state index contributed by atoms with van der Waals surface area (Å²) >= 11 is 8.53. The van der Waals surface area contributed by atoms with Gasteiger partial charge in [-0.25, -0.2) is 0 Å². The number of aromatic nitrogens is 1. The number of ether oxygens (including phenoxy) is 1. The molecule has 1 rings (SSSR count). The van der Waals surface area contributed by atoms with E-state index < -0.39 is 0 Å². The Kier molecular flexibility index (Phi) is 13.3. The molecule has 0 spiro atoms. The zero-order valence-electron chi connectivity index (χ0n) is 6.33. The van der Waals surface area contributed by atoms with E-state index >= 15 is 0 Å². The van der Waals surface area contributed by atoms with Crippen LogP contribution in [0.1, 0.15) is 0 Å². The van der Waals surface area contributed by atoms with Crippen molar-refractivity contribution in [2.75, 3.05) is 7.11 Å². The summed E-state index contributed by atoms with van der Waals surface area (Å²) in [5.41, 5.74) is 0. The summed E-state index contributed by atoms with van der Waals surface area (Å²) in [6, 6.07) is 3.61. The van der Waals surface area contributed by atoms with E-state index in [1.54, 1.807) is 31.6 Å². The second-order valence-electron chi connectivity index (χ2n) is 1.45. The Hall–Kier alpha value is 0.00948. The summed E-state index contributed by atoms with van der Waals surface area (Å²) in [5.74, 6) is 0.847. The van der Waals surface area contributed by atoms with Crippen molar-refractivity contribution in [2.45, 2.75) is 0 Å². The van der Waals surface area contributed by atoms with Crippen LogP contribution in [0, 0.1) is 0 Å². The van der Waals surface area contributed by atoms with Crippen LogP contribution < -0.4 is 4.74 Å². The van der Waals surface area contributed by atoms with Crippen molar-refractivity contribution in [2.24, 2.45) is 0 Å². The van der Waals surface area contributed by atoms with Crippen molar-refractivity contribution >= 4 is 40.8 Å². The van der Waals surface area contributed by atoms with Crippen LogP contribution in [0.25, 0.3) is 0 Å². The zero-order chi connectivity index (χ0) is 8.53. The molecule has 0 saturated heterocycles. The Labute approximate surface area is 91.8 Å². The second-order valence-corrected chi connectivity index (χ2v) is 1.91. The first-order valence-corrected chi connectivity index (χ1v) is 3.30. The zero-order valence-corrected chi connectivity index (χ0v) is 9.94. The molecule has 0 aromatic carbocycles. The van der Waals surface area contributed by atoms with Gasteiger partial charge in [0.15, 0.2) is 0 Å². The monoisotopic (exact) mass is 277 g/mol. The molecule has 0 saturated carbocycles. The van der Waals surface area contributed by atoms with Crippen LogP contribution in [0.15, 0.2) is 24.5 Å². The second kappa shape index (κ2) is 11.0. The van der Waals surface area contributed by atoms with E-state index in [1.807, 2.05) is 0 Å². The summed E-state index contributed by atoms with van der Waals surface area (Å²) in [6.07, 6.45) is 3.39. The first-order chi connectivity index (χ1) is 5.35. The predicted octanol–water partition coefficient (Wildman–Crippen LogP) is 1.48. The summed E-state index contributed by atoms with van der Waals surface area (Å²) in [6.45, 7) is 0. The normalized spacial score (nSPS) is 7.25. The van der Waals surface area contributed by atoms with Crippen molar-refractivity contribution in [3.63, 3.8) is 0 Å². The molecule has 0 fully saturated rings. The maximum atomic E-state index is 4.87. The molecule has 0 atom stereocenters. The van der Waals surface area contributed by atoms with Crippen LogP contribution in [-0.4, -0.2) is 29.2 Å². The predicted molar refractivity (Wildman–Crippen MR) is 52.1 cm³/mol. The van der Waals surface area contributed by atoms with Gasteiger partial charge in [0.05, 0.1) is 30.8 Å². The molecule has 0 bridgehead atoms. The van der Waals surface area contributed by atoms with E-state index in [9.17, 15) is 0 Å². The van der Waals surface area contributed by atoms with Crippen LogP contribution in [-0.2, 0) is 3.84 Å². The number of hydrogen-bond donors (Lipinski definition) is 0. The summed E-state index contributed by atoms with van der Waals surface area (Å²) in [5, 5.41) is 0. The number of methoxy groups -OCH3 is 1. The number of halogens is 2. The number of pyridine rings is 1. The third-order valence-corrected chi connectivity index (χ3v) is 0.885. The SMILES string of the molecule is COc1ccncc1.ClOCl.[SeH2]. The molecule has 0 amide bonds.